The van der Waals surface area contributed by atoms with Gasteiger partial charge < -0.3 is 20.5 Å². The number of ether oxygens (including phenoxy) is 2. The van der Waals surface area contributed by atoms with Crippen molar-refractivity contribution in [3.8, 4) is 5.88 Å². The maximum atomic E-state index is 5.83. The third kappa shape index (κ3) is 6.29. The summed E-state index contributed by atoms with van der Waals surface area (Å²) in [7, 11) is 0. The zero-order valence-electron chi connectivity index (χ0n) is 12.3. The highest BCUT2D eigenvalue weighted by Crippen LogP contribution is 2.21. The van der Waals surface area contributed by atoms with Crippen LogP contribution in [0.4, 0.5) is 11.5 Å². The lowest BCUT2D eigenvalue weighted by atomic mass is 10.2. The molecule has 0 amide bonds. The van der Waals surface area contributed by atoms with Crippen LogP contribution < -0.4 is 15.8 Å². The van der Waals surface area contributed by atoms with Gasteiger partial charge in [0.1, 0.15) is 5.82 Å². The van der Waals surface area contributed by atoms with Crippen molar-refractivity contribution >= 4 is 11.5 Å². The zero-order chi connectivity index (χ0) is 14.3. The molecule has 0 atom stereocenters. The number of hydrogen-bond donors (Lipinski definition) is 2. The first-order valence-corrected chi connectivity index (χ1v) is 6.73. The first-order chi connectivity index (χ1) is 8.99. The fourth-order valence-electron chi connectivity index (χ4n) is 1.38. The number of aromatic nitrogens is 1. The Labute approximate surface area is 115 Å². The molecule has 0 aliphatic carbocycles. The summed E-state index contributed by atoms with van der Waals surface area (Å²) in [5, 5.41) is 3.18. The van der Waals surface area contributed by atoms with Crippen molar-refractivity contribution in [3.05, 3.63) is 12.1 Å². The number of rotatable bonds is 8. The zero-order valence-corrected chi connectivity index (χ0v) is 12.3. The molecule has 0 bridgehead atoms. The van der Waals surface area contributed by atoms with Gasteiger partial charge in [0.2, 0.25) is 5.88 Å². The molecule has 0 saturated heterocycles. The molecule has 19 heavy (non-hydrogen) atoms. The molecule has 1 heterocycles. The van der Waals surface area contributed by atoms with E-state index in [1.165, 1.54) is 0 Å². The van der Waals surface area contributed by atoms with Gasteiger partial charge in [-0.2, -0.15) is 4.98 Å². The molecule has 3 N–H and O–H groups in total. The standard InChI is InChI=1S/C14H25N3O2/c1-10(2)9-19-14-12(15)5-6-13(17-14)16-7-8-18-11(3)4/h5-6,10-11H,7-9,15H2,1-4H3,(H,16,17). The van der Waals surface area contributed by atoms with Crippen LogP contribution in [-0.4, -0.2) is 30.8 Å². The average Bonchev–Trinajstić information content (AvgIpc) is 2.34. The summed E-state index contributed by atoms with van der Waals surface area (Å²) in [5.41, 5.74) is 6.39. The van der Waals surface area contributed by atoms with Crippen molar-refractivity contribution in [2.45, 2.75) is 33.8 Å². The van der Waals surface area contributed by atoms with Gasteiger partial charge in [-0.25, -0.2) is 0 Å². The minimum atomic E-state index is 0.242. The van der Waals surface area contributed by atoms with Crippen LogP contribution in [0.15, 0.2) is 12.1 Å². The molecule has 0 aliphatic heterocycles. The first-order valence-electron chi connectivity index (χ1n) is 6.73. The monoisotopic (exact) mass is 267 g/mol. The lowest BCUT2D eigenvalue weighted by Crippen LogP contribution is -2.14. The minimum Gasteiger partial charge on any atom is -0.476 e. The van der Waals surface area contributed by atoms with Crippen molar-refractivity contribution in [2.75, 3.05) is 30.8 Å². The summed E-state index contributed by atoms with van der Waals surface area (Å²) in [5.74, 6) is 1.68. The Morgan fingerprint density at radius 1 is 1.26 bits per heavy atom. The molecule has 1 aromatic heterocycles. The number of anilines is 2. The van der Waals surface area contributed by atoms with E-state index in [9.17, 15) is 0 Å². The topological polar surface area (TPSA) is 69.4 Å². The molecule has 1 aromatic rings. The van der Waals surface area contributed by atoms with E-state index in [0.717, 1.165) is 5.82 Å². The molecule has 0 fully saturated rings. The van der Waals surface area contributed by atoms with E-state index >= 15 is 0 Å². The molecule has 0 unspecified atom stereocenters. The molecule has 1 rings (SSSR count). The van der Waals surface area contributed by atoms with Gasteiger partial charge in [0, 0.05) is 6.54 Å². The van der Waals surface area contributed by atoms with Crippen LogP contribution in [0.1, 0.15) is 27.7 Å². The molecule has 0 saturated carbocycles. The normalized spacial score (nSPS) is 11.1. The molecule has 5 nitrogen and oxygen atoms in total. The molecule has 0 spiro atoms. The highest BCUT2D eigenvalue weighted by molar-refractivity contribution is 5.53. The van der Waals surface area contributed by atoms with Crippen molar-refractivity contribution in [2.24, 2.45) is 5.92 Å². The summed E-state index contributed by atoms with van der Waals surface area (Å²) in [6.07, 6.45) is 0.242. The van der Waals surface area contributed by atoms with Gasteiger partial charge in [-0.3, -0.25) is 0 Å². The largest absolute Gasteiger partial charge is 0.476 e. The molecule has 0 radical (unpaired) electrons. The second kappa shape index (κ2) is 7.84. The third-order valence-corrected chi connectivity index (χ3v) is 2.30. The predicted molar refractivity (Wildman–Crippen MR) is 78.6 cm³/mol. The second-order valence-electron chi connectivity index (χ2n) is 5.14. The fourth-order valence-corrected chi connectivity index (χ4v) is 1.38. The highest BCUT2D eigenvalue weighted by Gasteiger charge is 2.05. The Morgan fingerprint density at radius 2 is 2.00 bits per heavy atom. The van der Waals surface area contributed by atoms with Crippen LogP contribution in [0, 0.1) is 5.92 Å². The number of nitrogens with two attached hydrogens (primary N) is 1. The van der Waals surface area contributed by atoms with Crippen molar-refractivity contribution in [3.63, 3.8) is 0 Å². The summed E-state index contributed by atoms with van der Waals surface area (Å²) < 4.78 is 11.0. The van der Waals surface area contributed by atoms with E-state index in [0.29, 0.717) is 37.2 Å². The number of nitrogens with one attached hydrogen (secondary N) is 1. The maximum absolute atomic E-state index is 5.83. The second-order valence-corrected chi connectivity index (χ2v) is 5.14. The molecule has 0 aliphatic rings. The molecule has 5 heteroatoms. The van der Waals surface area contributed by atoms with E-state index in [1.807, 2.05) is 19.9 Å². The Kier molecular flexibility index (Phi) is 6.42. The highest BCUT2D eigenvalue weighted by atomic mass is 16.5. The molecule has 0 aromatic carbocycles. The van der Waals surface area contributed by atoms with Gasteiger partial charge in [0.05, 0.1) is 25.0 Å². The number of hydrogen-bond acceptors (Lipinski definition) is 5. The van der Waals surface area contributed by atoms with Crippen LogP contribution in [0.25, 0.3) is 0 Å². The van der Waals surface area contributed by atoms with Gasteiger partial charge in [-0.1, -0.05) is 13.8 Å². The minimum absolute atomic E-state index is 0.242. The fraction of sp³-hybridized carbons (Fsp3) is 0.643. The van der Waals surface area contributed by atoms with Crippen LogP contribution in [0.5, 0.6) is 5.88 Å². The number of nitrogen functional groups attached to an aromatic ring is 1. The average molecular weight is 267 g/mol. The van der Waals surface area contributed by atoms with Gasteiger partial charge in [0.15, 0.2) is 0 Å². The van der Waals surface area contributed by atoms with E-state index in [4.69, 9.17) is 15.2 Å². The van der Waals surface area contributed by atoms with E-state index in [-0.39, 0.29) is 6.10 Å². The maximum Gasteiger partial charge on any atom is 0.239 e. The SMILES string of the molecule is CC(C)COc1nc(NCCOC(C)C)ccc1N. The molecular formula is C14H25N3O2. The Balaban J connectivity index is 2.48. The predicted octanol–water partition coefficient (Wildman–Crippen LogP) is 2.54. The smallest absolute Gasteiger partial charge is 0.239 e. The van der Waals surface area contributed by atoms with E-state index in [1.54, 1.807) is 6.07 Å². The molecule has 108 valence electrons. The van der Waals surface area contributed by atoms with Gasteiger partial charge >= 0.3 is 0 Å². The van der Waals surface area contributed by atoms with Crippen LogP contribution in [0.2, 0.25) is 0 Å². The number of nitrogens with zero attached hydrogens (tertiary/aromatic N) is 1. The lowest BCUT2D eigenvalue weighted by molar-refractivity contribution is 0.0870. The van der Waals surface area contributed by atoms with Crippen LogP contribution in [0.3, 0.4) is 0 Å². The Hall–Kier alpha value is -1.49. The number of pyridine rings is 1. The molecular weight excluding hydrogens is 242 g/mol. The summed E-state index contributed by atoms with van der Waals surface area (Å²) in [6.45, 7) is 10.2. The van der Waals surface area contributed by atoms with Gasteiger partial charge in [-0.15, -0.1) is 0 Å². The van der Waals surface area contributed by atoms with E-state index < -0.39 is 0 Å². The summed E-state index contributed by atoms with van der Waals surface area (Å²) in [4.78, 5) is 4.35. The Bertz CT molecular complexity index is 381. The van der Waals surface area contributed by atoms with Crippen LogP contribution >= 0.6 is 0 Å². The van der Waals surface area contributed by atoms with Gasteiger partial charge in [0.25, 0.3) is 0 Å². The van der Waals surface area contributed by atoms with E-state index in [2.05, 4.69) is 24.1 Å². The summed E-state index contributed by atoms with van der Waals surface area (Å²) in [6, 6.07) is 3.64. The lowest BCUT2D eigenvalue weighted by Gasteiger charge is -2.12. The quantitative estimate of drug-likeness (QED) is 0.708. The van der Waals surface area contributed by atoms with Crippen molar-refractivity contribution < 1.29 is 9.47 Å². The van der Waals surface area contributed by atoms with Crippen molar-refractivity contribution in [1.29, 1.82) is 0 Å². The van der Waals surface area contributed by atoms with Gasteiger partial charge in [-0.05, 0) is 31.9 Å². The third-order valence-electron chi connectivity index (χ3n) is 2.30. The Morgan fingerprint density at radius 3 is 2.63 bits per heavy atom. The first kappa shape index (κ1) is 15.6. The van der Waals surface area contributed by atoms with Crippen molar-refractivity contribution in [1.82, 2.24) is 4.98 Å². The van der Waals surface area contributed by atoms with Crippen LogP contribution in [-0.2, 0) is 4.74 Å². The summed E-state index contributed by atoms with van der Waals surface area (Å²) >= 11 is 0.